The van der Waals surface area contributed by atoms with Crippen molar-refractivity contribution in [3.8, 4) is 0 Å². The Kier molecular flexibility index (Phi) is 7.44. The minimum Gasteiger partial charge on any atom is -0.379 e. The summed E-state index contributed by atoms with van der Waals surface area (Å²) in [6.07, 6.45) is 0. The summed E-state index contributed by atoms with van der Waals surface area (Å²) in [5, 5.41) is 5.69. The predicted molar refractivity (Wildman–Crippen MR) is 125 cm³/mol. The van der Waals surface area contributed by atoms with Crippen LogP contribution in [0.5, 0.6) is 0 Å². The highest BCUT2D eigenvalue weighted by atomic mass is 19.1. The summed E-state index contributed by atoms with van der Waals surface area (Å²) in [7, 11) is 0. The largest absolute Gasteiger partial charge is 0.379 e. The van der Waals surface area contributed by atoms with Crippen molar-refractivity contribution in [2.75, 3.05) is 31.6 Å². The first-order chi connectivity index (χ1) is 16.1. The molecule has 1 heterocycles. The topological polar surface area (TPSA) is 70.7 Å². The maximum absolute atomic E-state index is 13.4. The van der Waals surface area contributed by atoms with Crippen molar-refractivity contribution < 1.29 is 18.7 Å². The number of rotatable bonds is 7. The third-order valence-electron chi connectivity index (χ3n) is 5.42. The Morgan fingerprint density at radius 3 is 2.33 bits per heavy atom. The van der Waals surface area contributed by atoms with Crippen molar-refractivity contribution in [3.05, 3.63) is 101 Å². The third-order valence-corrected chi connectivity index (χ3v) is 5.42. The lowest BCUT2D eigenvalue weighted by Crippen LogP contribution is -2.35. The van der Waals surface area contributed by atoms with Crippen LogP contribution in [0.2, 0.25) is 0 Å². The molecule has 1 saturated heterocycles. The minimum atomic E-state index is -0.465. The van der Waals surface area contributed by atoms with E-state index in [0.717, 1.165) is 44.0 Å². The highest BCUT2D eigenvalue weighted by Crippen LogP contribution is 2.14. The third kappa shape index (κ3) is 6.47. The maximum atomic E-state index is 13.4. The van der Waals surface area contributed by atoms with Gasteiger partial charge in [0, 0.05) is 43.0 Å². The Labute approximate surface area is 192 Å². The van der Waals surface area contributed by atoms with Crippen LogP contribution >= 0.6 is 0 Å². The van der Waals surface area contributed by atoms with Gasteiger partial charge >= 0.3 is 0 Å². The Balaban J connectivity index is 1.34. The number of anilines is 1. The molecule has 0 saturated carbocycles. The lowest BCUT2D eigenvalue weighted by atomic mass is 10.1. The number of morpholine rings is 1. The van der Waals surface area contributed by atoms with Gasteiger partial charge in [-0.1, -0.05) is 30.3 Å². The zero-order valence-corrected chi connectivity index (χ0v) is 18.2. The lowest BCUT2D eigenvalue weighted by molar-refractivity contribution is 0.0342. The second kappa shape index (κ2) is 10.8. The summed E-state index contributed by atoms with van der Waals surface area (Å²) in [5.41, 5.74) is 3.35. The van der Waals surface area contributed by atoms with E-state index in [1.807, 2.05) is 24.3 Å². The SMILES string of the molecule is O=C(NCc1cccc(NC(=O)c2cccc(F)c2)c1)c1cccc(CN2CCOCC2)c1. The van der Waals surface area contributed by atoms with E-state index in [4.69, 9.17) is 4.74 Å². The van der Waals surface area contributed by atoms with Crippen LogP contribution in [-0.4, -0.2) is 43.0 Å². The number of amides is 2. The molecule has 2 amide bonds. The van der Waals surface area contributed by atoms with Crippen molar-refractivity contribution in [2.45, 2.75) is 13.1 Å². The highest BCUT2D eigenvalue weighted by Gasteiger charge is 2.13. The number of ether oxygens (including phenoxy) is 1. The average Bonchev–Trinajstić information content (AvgIpc) is 2.83. The Bertz CT molecular complexity index is 1130. The first-order valence-corrected chi connectivity index (χ1v) is 10.9. The van der Waals surface area contributed by atoms with Gasteiger partial charge in [-0.2, -0.15) is 0 Å². The van der Waals surface area contributed by atoms with Crippen LogP contribution < -0.4 is 10.6 Å². The molecule has 1 aliphatic heterocycles. The van der Waals surface area contributed by atoms with Gasteiger partial charge in [-0.05, 0) is 53.6 Å². The van der Waals surface area contributed by atoms with Gasteiger partial charge in [0.2, 0.25) is 0 Å². The van der Waals surface area contributed by atoms with E-state index in [2.05, 4.69) is 15.5 Å². The molecule has 1 fully saturated rings. The van der Waals surface area contributed by atoms with Crippen molar-refractivity contribution in [1.29, 1.82) is 0 Å². The lowest BCUT2D eigenvalue weighted by Gasteiger charge is -2.26. The summed E-state index contributed by atoms with van der Waals surface area (Å²) in [5.74, 6) is -1.02. The summed E-state index contributed by atoms with van der Waals surface area (Å²) in [6.45, 7) is 4.36. The number of hydrogen-bond acceptors (Lipinski definition) is 4. The molecule has 2 N–H and O–H groups in total. The first-order valence-electron chi connectivity index (χ1n) is 10.9. The van der Waals surface area contributed by atoms with Gasteiger partial charge in [0.05, 0.1) is 13.2 Å². The molecule has 0 radical (unpaired) electrons. The molecular weight excluding hydrogens is 421 g/mol. The van der Waals surface area contributed by atoms with Crippen molar-refractivity contribution in [3.63, 3.8) is 0 Å². The summed E-state index contributed by atoms with van der Waals surface area (Å²) in [6, 6.07) is 20.4. The number of benzene rings is 3. The van der Waals surface area contributed by atoms with Crippen LogP contribution in [0.25, 0.3) is 0 Å². The van der Waals surface area contributed by atoms with E-state index in [-0.39, 0.29) is 11.5 Å². The fourth-order valence-corrected chi connectivity index (χ4v) is 3.70. The van der Waals surface area contributed by atoms with Gasteiger partial charge in [0.15, 0.2) is 0 Å². The predicted octanol–water partition coefficient (Wildman–Crippen LogP) is 3.84. The van der Waals surface area contributed by atoms with Crippen LogP contribution in [0.15, 0.2) is 72.8 Å². The van der Waals surface area contributed by atoms with Gasteiger partial charge in [0.25, 0.3) is 11.8 Å². The summed E-state index contributed by atoms with van der Waals surface area (Å²) < 4.78 is 18.7. The van der Waals surface area contributed by atoms with E-state index in [0.29, 0.717) is 17.8 Å². The highest BCUT2D eigenvalue weighted by molar-refractivity contribution is 6.04. The Morgan fingerprint density at radius 1 is 0.848 bits per heavy atom. The van der Waals surface area contributed by atoms with Crippen molar-refractivity contribution in [2.24, 2.45) is 0 Å². The molecule has 0 unspecified atom stereocenters. The fourth-order valence-electron chi connectivity index (χ4n) is 3.70. The second-order valence-electron chi connectivity index (χ2n) is 7.94. The average molecular weight is 448 g/mol. The number of carbonyl (C=O) groups excluding carboxylic acids is 2. The van der Waals surface area contributed by atoms with Crippen LogP contribution in [0, 0.1) is 5.82 Å². The van der Waals surface area contributed by atoms with Crippen LogP contribution in [0.3, 0.4) is 0 Å². The summed E-state index contributed by atoms with van der Waals surface area (Å²) >= 11 is 0. The molecule has 170 valence electrons. The summed E-state index contributed by atoms with van der Waals surface area (Å²) in [4.78, 5) is 27.3. The van der Waals surface area contributed by atoms with Gasteiger partial charge < -0.3 is 15.4 Å². The molecular formula is C26H26FN3O3. The number of carbonyl (C=O) groups is 2. The quantitative estimate of drug-likeness (QED) is 0.577. The molecule has 0 aromatic heterocycles. The van der Waals surface area contributed by atoms with Gasteiger partial charge in [-0.3, -0.25) is 14.5 Å². The van der Waals surface area contributed by atoms with E-state index in [9.17, 15) is 14.0 Å². The molecule has 1 aliphatic rings. The van der Waals surface area contributed by atoms with Crippen LogP contribution in [0.1, 0.15) is 31.8 Å². The Hall–Kier alpha value is -3.55. The Morgan fingerprint density at radius 2 is 1.55 bits per heavy atom. The molecule has 0 spiro atoms. The van der Waals surface area contributed by atoms with E-state index in [1.165, 1.54) is 18.2 Å². The van der Waals surface area contributed by atoms with Gasteiger partial charge in [-0.25, -0.2) is 4.39 Å². The van der Waals surface area contributed by atoms with Crippen molar-refractivity contribution in [1.82, 2.24) is 10.2 Å². The number of nitrogens with one attached hydrogen (secondary N) is 2. The number of nitrogens with zero attached hydrogens (tertiary/aromatic N) is 1. The first kappa shape index (κ1) is 22.6. The number of hydrogen-bond donors (Lipinski definition) is 2. The van der Waals surface area contributed by atoms with E-state index < -0.39 is 11.7 Å². The zero-order chi connectivity index (χ0) is 23.0. The van der Waals surface area contributed by atoms with E-state index in [1.54, 1.807) is 30.3 Å². The van der Waals surface area contributed by atoms with Gasteiger partial charge in [-0.15, -0.1) is 0 Å². The standard InChI is InChI=1S/C26H26FN3O3/c27-23-8-3-7-22(16-23)26(32)29-24-9-2-4-19(15-24)17-28-25(31)21-6-1-5-20(14-21)18-30-10-12-33-13-11-30/h1-9,14-16H,10-13,17-18H2,(H,28,31)(H,29,32). The molecule has 4 rings (SSSR count). The molecule has 6 nitrogen and oxygen atoms in total. The minimum absolute atomic E-state index is 0.159. The van der Waals surface area contributed by atoms with E-state index >= 15 is 0 Å². The smallest absolute Gasteiger partial charge is 0.255 e. The van der Waals surface area contributed by atoms with Crippen molar-refractivity contribution >= 4 is 17.5 Å². The van der Waals surface area contributed by atoms with Gasteiger partial charge in [0.1, 0.15) is 5.82 Å². The molecule has 3 aromatic carbocycles. The second-order valence-corrected chi connectivity index (χ2v) is 7.94. The maximum Gasteiger partial charge on any atom is 0.255 e. The fraction of sp³-hybridized carbons (Fsp3) is 0.231. The monoisotopic (exact) mass is 447 g/mol. The molecule has 33 heavy (non-hydrogen) atoms. The zero-order valence-electron chi connectivity index (χ0n) is 18.2. The van der Waals surface area contributed by atoms with Crippen LogP contribution in [-0.2, 0) is 17.8 Å². The molecule has 7 heteroatoms. The molecule has 0 atom stereocenters. The van der Waals surface area contributed by atoms with Crippen LogP contribution in [0.4, 0.5) is 10.1 Å². The molecule has 0 bridgehead atoms. The molecule has 0 aliphatic carbocycles. The number of halogens is 1. The normalized spacial score (nSPS) is 14.0. The molecule has 3 aromatic rings.